The first-order chi connectivity index (χ1) is 10.6. The summed E-state index contributed by atoms with van der Waals surface area (Å²) in [6, 6.07) is 9.74. The summed E-state index contributed by atoms with van der Waals surface area (Å²) < 4.78 is 5.12. The first-order valence-corrected chi connectivity index (χ1v) is 7.46. The highest BCUT2D eigenvalue weighted by molar-refractivity contribution is 7.10. The Kier molecular flexibility index (Phi) is 3.68. The number of rotatable bonds is 3. The van der Waals surface area contributed by atoms with Gasteiger partial charge < -0.3 is 15.2 Å². The number of nitrogens with one attached hydrogen (secondary N) is 1. The first kappa shape index (κ1) is 14.3. The van der Waals surface area contributed by atoms with E-state index in [0.29, 0.717) is 11.3 Å². The van der Waals surface area contributed by atoms with Gasteiger partial charge in [-0.3, -0.25) is 9.59 Å². The molecule has 1 amide bonds. The minimum atomic E-state index is -0.710. The molecule has 1 atom stereocenters. The third-order valence-corrected chi connectivity index (χ3v) is 4.38. The molecular formula is C16H13NO4S. The maximum absolute atomic E-state index is 12.1. The molecule has 1 unspecified atom stereocenters. The van der Waals surface area contributed by atoms with Crippen LogP contribution in [0.3, 0.4) is 0 Å². The Morgan fingerprint density at radius 2 is 2.09 bits per heavy atom. The van der Waals surface area contributed by atoms with E-state index in [2.05, 4.69) is 5.32 Å². The van der Waals surface area contributed by atoms with Crippen molar-refractivity contribution in [3.63, 3.8) is 0 Å². The Hall–Kier alpha value is -2.60. The lowest BCUT2D eigenvalue weighted by Crippen LogP contribution is -2.20. The monoisotopic (exact) mass is 315 g/mol. The minimum Gasteiger partial charge on any atom is -0.507 e. The van der Waals surface area contributed by atoms with E-state index in [-0.39, 0.29) is 11.3 Å². The molecule has 0 bridgehead atoms. The van der Waals surface area contributed by atoms with Gasteiger partial charge in [-0.15, -0.1) is 11.3 Å². The van der Waals surface area contributed by atoms with Crippen LogP contribution >= 0.6 is 11.3 Å². The van der Waals surface area contributed by atoms with Crippen molar-refractivity contribution in [2.45, 2.75) is 6.04 Å². The number of benzene rings is 1. The fourth-order valence-corrected chi connectivity index (χ4v) is 3.15. The van der Waals surface area contributed by atoms with Crippen LogP contribution in [-0.4, -0.2) is 23.9 Å². The molecular weight excluding hydrogens is 302 g/mol. The summed E-state index contributed by atoms with van der Waals surface area (Å²) in [6.07, 6.45) is 0. The van der Waals surface area contributed by atoms with Gasteiger partial charge in [0.1, 0.15) is 11.5 Å². The van der Waals surface area contributed by atoms with Gasteiger partial charge in [-0.2, -0.15) is 0 Å². The molecule has 1 aliphatic heterocycles. The molecule has 5 nitrogen and oxygen atoms in total. The highest BCUT2D eigenvalue weighted by Gasteiger charge is 2.40. The molecule has 1 aromatic heterocycles. The Balaban J connectivity index is 2.11. The maximum Gasteiger partial charge on any atom is 0.293 e. The van der Waals surface area contributed by atoms with Crippen molar-refractivity contribution in [2.75, 3.05) is 7.11 Å². The molecule has 1 saturated heterocycles. The second-order valence-electron chi connectivity index (χ2n) is 4.75. The quantitative estimate of drug-likeness (QED) is 0.518. The van der Waals surface area contributed by atoms with Crippen LogP contribution in [0.15, 0.2) is 47.4 Å². The van der Waals surface area contributed by atoms with Crippen molar-refractivity contribution in [1.29, 1.82) is 0 Å². The molecule has 6 heteroatoms. The number of ether oxygens (including phenoxy) is 1. The van der Waals surface area contributed by atoms with Gasteiger partial charge in [0, 0.05) is 10.4 Å². The van der Waals surface area contributed by atoms with Crippen LogP contribution in [0.1, 0.15) is 16.5 Å². The van der Waals surface area contributed by atoms with E-state index in [9.17, 15) is 14.7 Å². The molecule has 2 N–H and O–H groups in total. The van der Waals surface area contributed by atoms with E-state index >= 15 is 0 Å². The lowest BCUT2D eigenvalue weighted by molar-refractivity contribution is -0.133. The average Bonchev–Trinajstić information content (AvgIpc) is 3.16. The van der Waals surface area contributed by atoms with Crippen molar-refractivity contribution in [3.05, 3.63) is 57.8 Å². The van der Waals surface area contributed by atoms with Gasteiger partial charge in [-0.25, -0.2) is 0 Å². The normalized spacial score (nSPS) is 20.0. The minimum absolute atomic E-state index is 0.0701. The van der Waals surface area contributed by atoms with Crippen molar-refractivity contribution in [2.24, 2.45) is 0 Å². The molecule has 0 radical (unpaired) electrons. The predicted molar refractivity (Wildman–Crippen MR) is 82.8 cm³/mol. The number of aliphatic hydroxyl groups is 1. The fraction of sp³-hybridized carbons (Fsp3) is 0.125. The average molecular weight is 315 g/mol. The van der Waals surface area contributed by atoms with Crippen LogP contribution in [0.4, 0.5) is 0 Å². The molecule has 1 aromatic carbocycles. The summed E-state index contributed by atoms with van der Waals surface area (Å²) >= 11 is 1.41. The van der Waals surface area contributed by atoms with E-state index in [0.717, 1.165) is 4.88 Å². The van der Waals surface area contributed by atoms with Crippen molar-refractivity contribution in [3.8, 4) is 5.75 Å². The van der Waals surface area contributed by atoms with E-state index in [1.807, 2.05) is 17.5 Å². The van der Waals surface area contributed by atoms with Crippen molar-refractivity contribution in [1.82, 2.24) is 5.32 Å². The van der Waals surface area contributed by atoms with Crippen molar-refractivity contribution >= 4 is 28.8 Å². The summed E-state index contributed by atoms with van der Waals surface area (Å²) in [6.45, 7) is 0. The van der Waals surface area contributed by atoms with Gasteiger partial charge in [0.2, 0.25) is 0 Å². The zero-order valence-corrected chi connectivity index (χ0v) is 12.5. The van der Waals surface area contributed by atoms with E-state index < -0.39 is 17.7 Å². The molecule has 0 aliphatic carbocycles. The summed E-state index contributed by atoms with van der Waals surface area (Å²) in [7, 11) is 1.52. The zero-order valence-electron chi connectivity index (χ0n) is 11.7. The summed E-state index contributed by atoms with van der Waals surface area (Å²) in [5, 5.41) is 15.0. The molecule has 2 aromatic rings. The Bertz CT molecular complexity index is 764. The third kappa shape index (κ3) is 2.37. The number of Topliss-reactive ketones (excluding diaryl/α,β-unsaturated/α-hetero) is 1. The Morgan fingerprint density at radius 1 is 1.27 bits per heavy atom. The summed E-state index contributed by atoms with van der Waals surface area (Å²) in [5.41, 5.74) is 0.501. The topological polar surface area (TPSA) is 75.6 Å². The second kappa shape index (κ2) is 5.65. The maximum atomic E-state index is 12.1. The molecule has 0 saturated carbocycles. The highest BCUT2D eigenvalue weighted by atomic mass is 32.1. The van der Waals surface area contributed by atoms with Crippen LogP contribution in [0.25, 0.3) is 5.76 Å². The largest absolute Gasteiger partial charge is 0.507 e. The number of carbonyl (C=O) groups excluding carboxylic acids is 2. The van der Waals surface area contributed by atoms with Crippen molar-refractivity contribution < 1.29 is 19.4 Å². The number of hydrogen-bond acceptors (Lipinski definition) is 5. The predicted octanol–water partition coefficient (Wildman–Crippen LogP) is 2.47. The number of amides is 1. The smallest absolute Gasteiger partial charge is 0.293 e. The molecule has 0 spiro atoms. The third-order valence-electron chi connectivity index (χ3n) is 3.44. The lowest BCUT2D eigenvalue weighted by atomic mass is 10.00. The van der Waals surface area contributed by atoms with Crippen LogP contribution in [0.5, 0.6) is 5.75 Å². The molecule has 1 fully saturated rings. The van der Waals surface area contributed by atoms with Gasteiger partial charge in [0.25, 0.3) is 11.7 Å². The molecule has 2 heterocycles. The van der Waals surface area contributed by atoms with Crippen LogP contribution in [0.2, 0.25) is 0 Å². The Morgan fingerprint density at radius 3 is 2.77 bits per heavy atom. The van der Waals surface area contributed by atoms with Gasteiger partial charge in [0.05, 0.1) is 18.7 Å². The highest BCUT2D eigenvalue weighted by Crippen LogP contribution is 2.35. The van der Waals surface area contributed by atoms with E-state index in [4.69, 9.17) is 4.74 Å². The standard InChI is InChI=1S/C16H13NO4S/c1-21-10-5-2-4-9(8-10)14(18)12-13(11-6-3-7-22-11)17-16(20)15(12)19/h2-8,13,18H,1H3,(H,17,20)/b14-12-. The van der Waals surface area contributed by atoms with Gasteiger partial charge in [-0.1, -0.05) is 18.2 Å². The van der Waals surface area contributed by atoms with Crippen LogP contribution in [-0.2, 0) is 9.59 Å². The first-order valence-electron chi connectivity index (χ1n) is 6.58. The number of ketones is 1. The molecule has 112 valence electrons. The second-order valence-corrected chi connectivity index (χ2v) is 5.72. The number of thiophene rings is 1. The molecule has 22 heavy (non-hydrogen) atoms. The fourth-order valence-electron chi connectivity index (χ4n) is 2.36. The number of aliphatic hydroxyl groups excluding tert-OH is 1. The van der Waals surface area contributed by atoms with E-state index in [1.165, 1.54) is 18.4 Å². The SMILES string of the molecule is COc1cccc(/C(O)=C2/C(=O)C(=O)NC2c2cccs2)c1. The van der Waals surface area contributed by atoms with Gasteiger partial charge >= 0.3 is 0 Å². The van der Waals surface area contributed by atoms with E-state index in [1.54, 1.807) is 24.3 Å². The lowest BCUT2D eigenvalue weighted by Gasteiger charge is -2.12. The zero-order chi connectivity index (χ0) is 15.7. The number of methoxy groups -OCH3 is 1. The van der Waals surface area contributed by atoms with Gasteiger partial charge in [-0.05, 0) is 23.6 Å². The van der Waals surface area contributed by atoms with Crippen LogP contribution in [0, 0.1) is 0 Å². The summed E-state index contributed by atoms with van der Waals surface area (Å²) in [5.74, 6) is -1.07. The summed E-state index contributed by atoms with van der Waals surface area (Å²) in [4.78, 5) is 24.6. The molecule has 1 aliphatic rings. The van der Waals surface area contributed by atoms with Crippen LogP contribution < -0.4 is 10.1 Å². The molecule has 3 rings (SSSR count). The number of carbonyl (C=O) groups is 2. The number of hydrogen-bond donors (Lipinski definition) is 2. The van der Waals surface area contributed by atoms with Gasteiger partial charge in [0.15, 0.2) is 0 Å². The Labute approximate surface area is 130 Å².